The van der Waals surface area contributed by atoms with Crippen molar-refractivity contribution in [1.29, 1.82) is 0 Å². The maximum atomic E-state index is 13.3. The van der Waals surface area contributed by atoms with Crippen LogP contribution in [-0.4, -0.2) is 59.3 Å². The van der Waals surface area contributed by atoms with Gasteiger partial charge in [0.05, 0.1) is 5.88 Å². The van der Waals surface area contributed by atoms with E-state index in [2.05, 4.69) is 21.7 Å². The molecule has 2 saturated heterocycles. The van der Waals surface area contributed by atoms with Crippen molar-refractivity contribution in [2.45, 2.75) is 24.7 Å². The van der Waals surface area contributed by atoms with Crippen molar-refractivity contribution in [3.8, 4) is 0 Å². The number of carbonyl (C=O) groups excluding carboxylic acids is 1. The highest BCUT2D eigenvalue weighted by Gasteiger charge is 2.40. The minimum absolute atomic E-state index is 0.0547. The molecule has 176 valence electrons. The van der Waals surface area contributed by atoms with Crippen LogP contribution in [0.3, 0.4) is 0 Å². The van der Waals surface area contributed by atoms with Crippen molar-refractivity contribution >= 4 is 52.3 Å². The van der Waals surface area contributed by atoms with Gasteiger partial charge >= 0.3 is 6.03 Å². The summed E-state index contributed by atoms with van der Waals surface area (Å²) in [5.74, 6) is 1.48. The average molecular weight is 527 g/mol. The number of thioether (sulfide) groups is 1. The van der Waals surface area contributed by atoms with E-state index < -0.39 is 0 Å². The summed E-state index contributed by atoms with van der Waals surface area (Å²) >= 11 is 15.5. The first kappa shape index (κ1) is 23.5. The summed E-state index contributed by atoms with van der Waals surface area (Å²) < 4.78 is 13.8. The number of thiophene rings is 1. The first-order valence-electron chi connectivity index (χ1n) is 11.2. The number of carbonyl (C=O) groups is 1. The van der Waals surface area contributed by atoms with Gasteiger partial charge in [0, 0.05) is 25.6 Å². The van der Waals surface area contributed by atoms with Crippen LogP contribution in [-0.2, 0) is 0 Å². The molecule has 2 amide bonds. The Bertz CT molecular complexity index is 1010. The lowest BCUT2D eigenvalue weighted by Crippen LogP contribution is -2.41. The monoisotopic (exact) mass is 525 g/mol. The van der Waals surface area contributed by atoms with Gasteiger partial charge in [-0.2, -0.15) is 11.3 Å². The third-order valence-electron chi connectivity index (χ3n) is 7.06. The number of benzene rings is 1. The Morgan fingerprint density at radius 2 is 1.82 bits per heavy atom. The minimum atomic E-state index is -0.178. The van der Waals surface area contributed by atoms with E-state index in [4.69, 9.17) is 23.2 Å². The summed E-state index contributed by atoms with van der Waals surface area (Å²) in [7, 11) is 0. The number of likely N-dealkylation sites (tertiary alicyclic amines) is 2. The Morgan fingerprint density at radius 3 is 2.45 bits per heavy atom. The molecule has 4 heterocycles. The van der Waals surface area contributed by atoms with Crippen molar-refractivity contribution in [3.63, 3.8) is 0 Å². The molecule has 4 nitrogen and oxygen atoms in total. The zero-order valence-electron chi connectivity index (χ0n) is 18.1. The van der Waals surface area contributed by atoms with Gasteiger partial charge in [0.1, 0.15) is 15.3 Å². The van der Waals surface area contributed by atoms with Crippen molar-refractivity contribution in [3.05, 3.63) is 67.6 Å². The van der Waals surface area contributed by atoms with Gasteiger partial charge in [0.15, 0.2) is 0 Å². The third-order valence-corrected chi connectivity index (χ3v) is 9.70. The molecule has 3 aliphatic heterocycles. The highest BCUT2D eigenvalue weighted by molar-refractivity contribution is 8.04. The summed E-state index contributed by atoms with van der Waals surface area (Å²) in [5, 5.41) is 4.66. The Balaban J connectivity index is 1.24. The van der Waals surface area contributed by atoms with Gasteiger partial charge in [-0.25, -0.2) is 9.18 Å². The minimum Gasteiger partial charge on any atom is -0.323 e. The molecule has 5 rings (SSSR count). The van der Waals surface area contributed by atoms with E-state index in [1.165, 1.54) is 22.9 Å². The van der Waals surface area contributed by atoms with Crippen LogP contribution < -0.4 is 0 Å². The van der Waals surface area contributed by atoms with Crippen LogP contribution in [0.2, 0.25) is 0 Å². The Hall–Kier alpha value is -1.25. The summed E-state index contributed by atoms with van der Waals surface area (Å²) in [6.45, 7) is 4.44. The van der Waals surface area contributed by atoms with E-state index >= 15 is 0 Å². The lowest BCUT2D eigenvalue weighted by atomic mass is 9.87. The standard InChI is InChI=1S/C24H26Cl2FN3OS2/c25-22-23(26)33-15-30(22)24(31)29-12-19(21(13-29)18-7-10-32-14-18)11-28-8-5-17(6-9-28)16-1-3-20(27)4-2-16/h1-4,7,10,14,17,19,21H,5-6,8-9,11-13,15H2. The number of hydrogen-bond donors (Lipinski definition) is 0. The van der Waals surface area contributed by atoms with Crippen LogP contribution in [0.4, 0.5) is 9.18 Å². The number of piperidine rings is 1. The molecule has 0 aliphatic carbocycles. The summed E-state index contributed by atoms with van der Waals surface area (Å²) in [5.41, 5.74) is 2.55. The van der Waals surface area contributed by atoms with E-state index in [1.807, 2.05) is 17.0 Å². The van der Waals surface area contributed by atoms with Crippen LogP contribution in [0.25, 0.3) is 0 Å². The molecular formula is C24H26Cl2FN3OS2. The molecule has 2 unspecified atom stereocenters. The Labute approximate surface area is 212 Å². The molecular weight excluding hydrogens is 500 g/mol. The topological polar surface area (TPSA) is 26.8 Å². The van der Waals surface area contributed by atoms with Gasteiger partial charge in [-0.1, -0.05) is 47.1 Å². The second kappa shape index (κ2) is 10.2. The van der Waals surface area contributed by atoms with Crippen molar-refractivity contribution in [2.24, 2.45) is 5.92 Å². The Kier molecular flexibility index (Phi) is 7.23. The predicted molar refractivity (Wildman–Crippen MR) is 135 cm³/mol. The second-order valence-corrected chi connectivity index (χ2v) is 11.7. The molecule has 0 radical (unpaired) electrons. The largest absolute Gasteiger partial charge is 0.326 e. The molecule has 0 N–H and O–H groups in total. The molecule has 2 aromatic rings. The van der Waals surface area contributed by atoms with Crippen molar-refractivity contribution < 1.29 is 9.18 Å². The number of hydrogen-bond acceptors (Lipinski definition) is 4. The normalized spacial score (nSPS) is 24.8. The number of rotatable bonds is 4. The fraction of sp³-hybridized carbons (Fsp3) is 0.458. The lowest BCUT2D eigenvalue weighted by Gasteiger charge is -2.34. The van der Waals surface area contributed by atoms with E-state index in [9.17, 15) is 9.18 Å². The molecule has 3 aliphatic rings. The molecule has 0 saturated carbocycles. The van der Waals surface area contributed by atoms with E-state index in [1.54, 1.807) is 28.4 Å². The molecule has 1 aromatic carbocycles. The zero-order valence-corrected chi connectivity index (χ0v) is 21.3. The number of amides is 2. The van der Waals surface area contributed by atoms with E-state index in [-0.39, 0.29) is 11.8 Å². The molecule has 33 heavy (non-hydrogen) atoms. The molecule has 2 atom stereocenters. The van der Waals surface area contributed by atoms with Crippen molar-refractivity contribution in [2.75, 3.05) is 38.6 Å². The van der Waals surface area contributed by atoms with E-state index in [0.29, 0.717) is 39.7 Å². The maximum absolute atomic E-state index is 13.3. The summed E-state index contributed by atoms with van der Waals surface area (Å²) in [6, 6.07) is 9.10. The number of nitrogens with zero attached hydrogens (tertiary/aromatic N) is 3. The molecule has 2 fully saturated rings. The maximum Gasteiger partial charge on any atom is 0.326 e. The molecule has 9 heteroatoms. The van der Waals surface area contributed by atoms with Gasteiger partial charge in [0.25, 0.3) is 0 Å². The van der Waals surface area contributed by atoms with E-state index in [0.717, 1.165) is 39.0 Å². The number of urea groups is 1. The van der Waals surface area contributed by atoms with Gasteiger partial charge in [-0.3, -0.25) is 4.90 Å². The first-order valence-corrected chi connectivity index (χ1v) is 13.9. The first-order chi connectivity index (χ1) is 16.0. The second-order valence-electron chi connectivity index (χ2n) is 9.00. The van der Waals surface area contributed by atoms with Gasteiger partial charge < -0.3 is 9.80 Å². The average Bonchev–Trinajstić information content (AvgIpc) is 3.56. The lowest BCUT2D eigenvalue weighted by molar-refractivity contribution is 0.169. The van der Waals surface area contributed by atoms with Crippen LogP contribution in [0, 0.1) is 11.7 Å². The smallest absolute Gasteiger partial charge is 0.323 e. The fourth-order valence-electron chi connectivity index (χ4n) is 5.24. The SMILES string of the molecule is O=C(N1CC(CN2CCC(c3ccc(F)cc3)CC2)C(c2ccsc2)C1)N1CSC(Cl)=C1Cl. The third kappa shape index (κ3) is 5.08. The van der Waals surface area contributed by atoms with Gasteiger partial charge in [-0.15, -0.1) is 0 Å². The summed E-state index contributed by atoms with van der Waals surface area (Å²) in [6.07, 6.45) is 2.15. The summed E-state index contributed by atoms with van der Waals surface area (Å²) in [4.78, 5) is 19.3. The van der Waals surface area contributed by atoms with Gasteiger partial charge in [-0.05, 0) is 77.9 Å². The molecule has 1 aromatic heterocycles. The fourth-order valence-corrected chi connectivity index (χ4v) is 7.30. The van der Waals surface area contributed by atoms with Crippen LogP contribution in [0.15, 0.2) is 50.6 Å². The van der Waals surface area contributed by atoms with Gasteiger partial charge in [0.2, 0.25) is 0 Å². The highest BCUT2D eigenvalue weighted by atomic mass is 35.5. The van der Waals surface area contributed by atoms with Crippen LogP contribution in [0.5, 0.6) is 0 Å². The number of halogens is 3. The Morgan fingerprint density at radius 1 is 1.06 bits per heavy atom. The molecule has 0 bridgehead atoms. The predicted octanol–water partition coefficient (Wildman–Crippen LogP) is 6.51. The molecule has 0 spiro atoms. The highest BCUT2D eigenvalue weighted by Crippen LogP contribution is 2.40. The quantitative estimate of drug-likeness (QED) is 0.425. The van der Waals surface area contributed by atoms with Crippen molar-refractivity contribution in [1.82, 2.24) is 14.7 Å². The zero-order chi connectivity index (χ0) is 22.9. The van der Waals surface area contributed by atoms with Crippen LogP contribution in [0.1, 0.15) is 35.8 Å². The van der Waals surface area contributed by atoms with Crippen LogP contribution >= 0.6 is 46.3 Å².